The van der Waals surface area contributed by atoms with Crippen molar-refractivity contribution >= 4 is 28.9 Å². The van der Waals surface area contributed by atoms with E-state index in [4.69, 9.17) is 9.97 Å². The smallest absolute Gasteiger partial charge is 0.211 e. The monoisotopic (exact) mass is 461 g/mol. The molecule has 0 spiro atoms. The number of aromatic nitrogens is 7. The van der Waals surface area contributed by atoms with Crippen molar-refractivity contribution in [3.05, 3.63) is 114 Å². The zero-order valence-electron chi connectivity index (χ0n) is 19.3. The number of rotatable bonds is 5. The first-order chi connectivity index (χ1) is 17.2. The minimum Gasteiger partial charge on any atom is -0.348 e. The predicted octanol–water partition coefficient (Wildman–Crippen LogP) is 4.72. The van der Waals surface area contributed by atoms with Crippen LogP contribution < -0.4 is 9.80 Å². The van der Waals surface area contributed by atoms with Gasteiger partial charge < -0.3 is 9.97 Å². The van der Waals surface area contributed by atoms with Crippen molar-refractivity contribution in [1.29, 1.82) is 0 Å². The maximum absolute atomic E-state index is 4.78. The Morgan fingerprint density at radius 3 is 2.34 bits per heavy atom. The molecular weight excluding hydrogens is 438 g/mol. The summed E-state index contributed by atoms with van der Waals surface area (Å²) in [5.41, 5.74) is 7.21. The summed E-state index contributed by atoms with van der Waals surface area (Å²) in [6.07, 6.45) is 12.9. The molecule has 0 saturated heterocycles. The molecule has 5 aromatic heterocycles. The molecule has 0 fully saturated rings. The van der Waals surface area contributed by atoms with Gasteiger partial charge in [-0.25, -0.2) is 4.98 Å². The molecule has 1 aliphatic rings. The van der Waals surface area contributed by atoms with Gasteiger partial charge in [0.2, 0.25) is 5.95 Å². The van der Waals surface area contributed by atoms with Crippen LogP contribution >= 0.6 is 0 Å². The van der Waals surface area contributed by atoms with Crippen molar-refractivity contribution in [2.75, 3.05) is 9.80 Å². The molecule has 0 bridgehead atoms. The van der Waals surface area contributed by atoms with E-state index in [0.29, 0.717) is 5.95 Å². The number of imidazole rings is 1. The molecule has 6 rings (SSSR count). The molecule has 172 valence electrons. The number of hydrogen-bond acceptors (Lipinski definition) is 6. The molecule has 0 amide bonds. The molecule has 9 heteroatoms. The van der Waals surface area contributed by atoms with Crippen LogP contribution in [0.3, 0.4) is 0 Å². The second-order valence-electron chi connectivity index (χ2n) is 8.19. The van der Waals surface area contributed by atoms with Crippen molar-refractivity contribution in [3.63, 3.8) is 0 Å². The summed E-state index contributed by atoms with van der Waals surface area (Å²) < 4.78 is 0. The number of H-pyrrole nitrogens is 3. The Hall–Kier alpha value is -4.92. The molecule has 35 heavy (non-hydrogen) atoms. The van der Waals surface area contributed by atoms with E-state index in [1.54, 1.807) is 24.8 Å². The average molecular weight is 462 g/mol. The topological polar surface area (TPSA) is 105 Å². The van der Waals surface area contributed by atoms with E-state index in [0.717, 1.165) is 51.1 Å². The summed E-state index contributed by atoms with van der Waals surface area (Å²) in [4.78, 5) is 25.0. The first-order valence-electron chi connectivity index (χ1n) is 11.2. The molecule has 9 nitrogen and oxygen atoms in total. The second-order valence-corrected chi connectivity index (χ2v) is 8.19. The molecule has 0 atom stereocenters. The Bertz CT molecular complexity index is 1510. The number of hydrogen-bond donors (Lipinski definition) is 3. The van der Waals surface area contributed by atoms with Gasteiger partial charge in [0.25, 0.3) is 0 Å². The number of nitrogens with zero attached hydrogens (tertiary/aromatic N) is 6. The SMILES string of the molecule is Cc1cccnc1C1=CN(c2ncc[nH]2)C(c2ccn[nH]2)=C(c2ccccn2)N1c1[nH]ccc1C. The van der Waals surface area contributed by atoms with Crippen LogP contribution in [0.15, 0.2) is 85.8 Å². The van der Waals surface area contributed by atoms with Crippen LogP contribution in [0.1, 0.15) is 28.2 Å². The highest BCUT2D eigenvalue weighted by Crippen LogP contribution is 2.44. The molecule has 0 unspecified atom stereocenters. The lowest BCUT2D eigenvalue weighted by atomic mass is 10.0. The average Bonchev–Trinajstić information content (AvgIpc) is 3.67. The van der Waals surface area contributed by atoms with Crippen LogP contribution in [0.25, 0.3) is 17.1 Å². The van der Waals surface area contributed by atoms with Gasteiger partial charge in [-0.3, -0.25) is 24.9 Å². The third-order valence-corrected chi connectivity index (χ3v) is 5.96. The van der Waals surface area contributed by atoms with Gasteiger partial charge in [-0.1, -0.05) is 12.1 Å². The summed E-state index contributed by atoms with van der Waals surface area (Å²) in [5.74, 6) is 1.59. The molecule has 3 N–H and O–H groups in total. The van der Waals surface area contributed by atoms with Crippen molar-refractivity contribution in [2.24, 2.45) is 0 Å². The highest BCUT2D eigenvalue weighted by Gasteiger charge is 2.35. The van der Waals surface area contributed by atoms with Crippen LogP contribution in [0.4, 0.5) is 11.8 Å². The Morgan fingerprint density at radius 2 is 1.66 bits per heavy atom. The Morgan fingerprint density at radius 1 is 0.743 bits per heavy atom. The van der Waals surface area contributed by atoms with Crippen molar-refractivity contribution in [3.8, 4) is 0 Å². The lowest BCUT2D eigenvalue weighted by Gasteiger charge is -2.38. The normalized spacial score (nSPS) is 13.9. The minimum atomic E-state index is 0.664. The molecule has 1 aliphatic heterocycles. The fourth-order valence-electron chi connectivity index (χ4n) is 4.36. The highest BCUT2D eigenvalue weighted by atomic mass is 15.3. The first-order valence-corrected chi connectivity index (χ1v) is 11.2. The van der Waals surface area contributed by atoms with Gasteiger partial charge in [0, 0.05) is 43.4 Å². The molecule has 0 radical (unpaired) electrons. The van der Waals surface area contributed by atoms with Crippen LogP contribution in [-0.4, -0.2) is 35.1 Å². The van der Waals surface area contributed by atoms with E-state index in [9.17, 15) is 0 Å². The van der Waals surface area contributed by atoms with Gasteiger partial charge in [-0.2, -0.15) is 5.10 Å². The highest BCUT2D eigenvalue weighted by molar-refractivity contribution is 6.10. The summed E-state index contributed by atoms with van der Waals surface area (Å²) in [6.45, 7) is 4.15. The van der Waals surface area contributed by atoms with E-state index in [1.165, 1.54) is 0 Å². The molecule has 5 aromatic rings. The van der Waals surface area contributed by atoms with Gasteiger partial charge in [-0.15, -0.1) is 0 Å². The lowest BCUT2D eigenvalue weighted by Crippen LogP contribution is -2.34. The third kappa shape index (κ3) is 3.50. The number of aromatic amines is 3. The van der Waals surface area contributed by atoms with E-state index < -0.39 is 0 Å². The van der Waals surface area contributed by atoms with Gasteiger partial charge in [0.15, 0.2) is 0 Å². The Balaban J connectivity index is 1.73. The molecule has 0 aromatic carbocycles. The van der Waals surface area contributed by atoms with E-state index in [2.05, 4.69) is 62.2 Å². The molecule has 0 saturated carbocycles. The maximum Gasteiger partial charge on any atom is 0.211 e. The molecule has 6 heterocycles. The summed E-state index contributed by atoms with van der Waals surface area (Å²) in [6, 6.07) is 13.9. The number of aryl methyl sites for hydroxylation is 2. The first kappa shape index (κ1) is 20.7. The molecular formula is C26H23N9. The molecule has 0 aliphatic carbocycles. The fraction of sp³-hybridized carbons (Fsp3) is 0.0769. The Kier molecular flexibility index (Phi) is 4.99. The van der Waals surface area contributed by atoms with Gasteiger partial charge in [0.05, 0.1) is 34.2 Å². The van der Waals surface area contributed by atoms with E-state index in [1.807, 2.05) is 47.6 Å². The van der Waals surface area contributed by atoms with Crippen molar-refractivity contribution in [1.82, 2.24) is 35.1 Å². The van der Waals surface area contributed by atoms with E-state index >= 15 is 0 Å². The maximum atomic E-state index is 4.78. The lowest BCUT2D eigenvalue weighted by molar-refractivity contribution is 1.03. The van der Waals surface area contributed by atoms with Gasteiger partial charge in [-0.05, 0) is 55.3 Å². The van der Waals surface area contributed by atoms with Gasteiger partial charge >= 0.3 is 0 Å². The predicted molar refractivity (Wildman–Crippen MR) is 136 cm³/mol. The largest absolute Gasteiger partial charge is 0.348 e. The van der Waals surface area contributed by atoms with Crippen LogP contribution in [-0.2, 0) is 0 Å². The quantitative estimate of drug-likeness (QED) is 0.350. The van der Waals surface area contributed by atoms with Crippen molar-refractivity contribution < 1.29 is 0 Å². The van der Waals surface area contributed by atoms with Crippen molar-refractivity contribution in [2.45, 2.75) is 13.8 Å². The summed E-state index contributed by atoms with van der Waals surface area (Å²) in [7, 11) is 0. The second kappa shape index (κ2) is 8.45. The fourth-order valence-corrected chi connectivity index (χ4v) is 4.36. The number of anilines is 2. The number of nitrogens with one attached hydrogen (secondary N) is 3. The zero-order chi connectivity index (χ0) is 23.8. The van der Waals surface area contributed by atoms with Gasteiger partial charge in [0.1, 0.15) is 5.82 Å². The number of pyridine rings is 2. The zero-order valence-corrected chi connectivity index (χ0v) is 19.3. The third-order valence-electron chi connectivity index (χ3n) is 5.96. The van der Waals surface area contributed by atoms with E-state index in [-0.39, 0.29) is 0 Å². The standard InChI is InChI=1S/C26H23N9/c1-17-6-5-11-28-22(17)21-16-34(26-30-14-15-31-26)23(20-9-13-32-33-20)24(19-7-3-4-10-27-19)35(21)25-18(2)8-12-29-25/h3-16,29H,1-2H3,(H,30,31)(H,32,33). The summed E-state index contributed by atoms with van der Waals surface area (Å²) in [5, 5.41) is 7.39. The Labute approximate surface area is 201 Å². The van der Waals surface area contributed by atoms with Crippen LogP contribution in [0, 0.1) is 13.8 Å². The minimum absolute atomic E-state index is 0.664. The van der Waals surface area contributed by atoms with Crippen LogP contribution in [0.5, 0.6) is 0 Å². The summed E-state index contributed by atoms with van der Waals surface area (Å²) >= 11 is 0. The van der Waals surface area contributed by atoms with Crippen LogP contribution in [0.2, 0.25) is 0 Å².